The lowest BCUT2D eigenvalue weighted by Crippen LogP contribution is -2.27. The molecule has 0 unspecified atom stereocenters. The fraction of sp³-hybridized carbons (Fsp3) is 1.00. The topological polar surface area (TPSA) is 0 Å². The van der Waals surface area contributed by atoms with E-state index in [9.17, 15) is 12.9 Å². The predicted octanol–water partition coefficient (Wildman–Crippen LogP) is 1.21. The quantitative estimate of drug-likeness (QED) is 0.369. The van der Waals surface area contributed by atoms with E-state index in [4.69, 9.17) is 0 Å². The molecule has 0 heterocycles. The molecule has 0 saturated carbocycles. The number of hydrogen-bond donors (Lipinski definition) is 0. The fourth-order valence-corrected chi connectivity index (χ4v) is 0. The third-order valence-electron chi connectivity index (χ3n) is 0.535. The average Bonchev–Trinajstić information content (AvgIpc) is 1.31. The van der Waals surface area contributed by atoms with Gasteiger partial charge in [0, 0.05) is 0 Å². The van der Waals surface area contributed by atoms with Gasteiger partial charge in [-0.05, 0) is 0 Å². The van der Waals surface area contributed by atoms with Gasteiger partial charge in [0.05, 0.1) is 12.5 Å². The highest BCUT2D eigenvalue weighted by molar-refractivity contribution is 8.22. The molecule has 0 aliphatic rings. The molecule has 0 aromatic carbocycles. The molecule has 0 aliphatic heterocycles. The van der Waals surface area contributed by atoms with Gasteiger partial charge in [-0.15, -0.1) is 10.7 Å². The van der Waals surface area contributed by atoms with Gasteiger partial charge in [-0.2, -0.15) is 0 Å². The van der Waals surface area contributed by atoms with E-state index in [1.165, 1.54) is 12.5 Å². The third-order valence-corrected chi connectivity index (χ3v) is 1.60. The third kappa shape index (κ3) is 2.85. The largest absolute Gasteiger partial charge is 0.730 e. The van der Waals surface area contributed by atoms with E-state index in [1.54, 1.807) is 0 Å². The van der Waals surface area contributed by atoms with Gasteiger partial charge in [0.25, 0.3) is 0 Å². The van der Waals surface area contributed by atoms with Crippen molar-refractivity contribution in [2.75, 3.05) is 12.5 Å². The Bertz CT molecular complexity index is 58.4. The number of rotatable bonds is 1. The van der Waals surface area contributed by atoms with Gasteiger partial charge < -0.3 is 12.9 Å². The molecule has 0 radical (unpaired) electrons. The number of hydrogen-bond acceptors (Lipinski definition) is 0. The van der Waals surface area contributed by atoms with Crippen LogP contribution >= 0.6 is 0 Å². The Labute approximate surface area is 43.4 Å². The second-order valence-corrected chi connectivity index (χ2v) is 3.69. The summed E-state index contributed by atoms with van der Waals surface area (Å²) in [6.45, 7) is 0. The molecule has 44 valence electrons. The van der Waals surface area contributed by atoms with E-state index >= 15 is 0 Å². The SMILES string of the molecule is C[S+](C)[B-](F)(F)F. The van der Waals surface area contributed by atoms with Crippen molar-refractivity contribution in [2.45, 2.75) is 0 Å². The van der Waals surface area contributed by atoms with E-state index in [0.29, 0.717) is 0 Å². The summed E-state index contributed by atoms with van der Waals surface area (Å²) in [5, 5.41) is 0. The summed E-state index contributed by atoms with van der Waals surface area (Å²) < 4.78 is 33.8. The standard InChI is InChI=1S/C2H6BF3S/c1-7(2)3(4,5)6/h1-2H3. The zero-order chi connectivity index (χ0) is 6.08. The predicted molar refractivity (Wildman–Crippen MR) is 28.3 cm³/mol. The van der Waals surface area contributed by atoms with Crippen LogP contribution in [0.25, 0.3) is 0 Å². The van der Waals surface area contributed by atoms with E-state index < -0.39 is 17.0 Å². The summed E-state index contributed by atoms with van der Waals surface area (Å²) in [6, 6.07) is 0. The van der Waals surface area contributed by atoms with Gasteiger partial charge in [0.1, 0.15) is 0 Å². The van der Waals surface area contributed by atoms with Gasteiger partial charge in [0.2, 0.25) is 0 Å². The molecule has 0 aliphatic carbocycles. The van der Waals surface area contributed by atoms with Crippen LogP contribution in [-0.4, -0.2) is 18.8 Å². The molecule has 0 bridgehead atoms. The lowest BCUT2D eigenvalue weighted by atomic mass is 10.4. The molecule has 0 rings (SSSR count). The molecular formula is C2H6BF3S. The van der Waals surface area contributed by atoms with Gasteiger partial charge in [0.15, 0.2) is 0 Å². The molecule has 0 aromatic rings. The van der Waals surface area contributed by atoms with Crippen molar-refractivity contribution < 1.29 is 12.9 Å². The van der Waals surface area contributed by atoms with Crippen molar-refractivity contribution >= 4 is 17.0 Å². The molecule has 7 heavy (non-hydrogen) atoms. The summed E-state index contributed by atoms with van der Waals surface area (Å²) in [5.74, 6) is 0. The molecule has 0 spiro atoms. The Kier molecular flexibility index (Phi) is 2.04. The minimum atomic E-state index is -4.53. The molecule has 0 fully saturated rings. The van der Waals surface area contributed by atoms with Crippen molar-refractivity contribution in [2.24, 2.45) is 0 Å². The zero-order valence-electron chi connectivity index (χ0n) is 4.12. The summed E-state index contributed by atoms with van der Waals surface area (Å²) in [5.41, 5.74) is 0. The summed E-state index contributed by atoms with van der Waals surface area (Å²) >= 11 is 0. The maximum absolute atomic E-state index is 11.3. The summed E-state index contributed by atoms with van der Waals surface area (Å²) in [7, 11) is -1.37. The van der Waals surface area contributed by atoms with E-state index in [2.05, 4.69) is 0 Å². The molecule has 0 N–H and O–H groups in total. The van der Waals surface area contributed by atoms with E-state index in [1.807, 2.05) is 0 Å². The van der Waals surface area contributed by atoms with Gasteiger partial charge >= 0.3 is 6.26 Å². The Morgan fingerprint density at radius 1 is 1.14 bits per heavy atom. The number of halogens is 3. The van der Waals surface area contributed by atoms with Crippen molar-refractivity contribution in [3.05, 3.63) is 0 Å². The lowest BCUT2D eigenvalue weighted by Gasteiger charge is -2.06. The van der Waals surface area contributed by atoms with Gasteiger partial charge in [-0.25, -0.2) is 0 Å². The fourth-order valence-electron chi connectivity index (χ4n) is 0. The molecule has 0 nitrogen and oxygen atoms in total. The zero-order valence-corrected chi connectivity index (χ0v) is 4.94. The van der Waals surface area contributed by atoms with Crippen molar-refractivity contribution in [3.63, 3.8) is 0 Å². The van der Waals surface area contributed by atoms with Crippen LogP contribution in [0.2, 0.25) is 0 Å². The second-order valence-electron chi connectivity index (χ2n) is 1.39. The molecule has 0 aromatic heterocycles. The first-order chi connectivity index (χ1) is 2.94. The van der Waals surface area contributed by atoms with Crippen LogP contribution in [0.1, 0.15) is 0 Å². The van der Waals surface area contributed by atoms with Crippen molar-refractivity contribution in [1.82, 2.24) is 0 Å². The van der Waals surface area contributed by atoms with Gasteiger partial charge in [-0.3, -0.25) is 0 Å². The Morgan fingerprint density at radius 2 is 1.29 bits per heavy atom. The van der Waals surface area contributed by atoms with Crippen LogP contribution in [0.5, 0.6) is 0 Å². The Balaban J connectivity index is 3.54. The van der Waals surface area contributed by atoms with Gasteiger partial charge in [-0.1, -0.05) is 0 Å². The van der Waals surface area contributed by atoms with Crippen LogP contribution < -0.4 is 0 Å². The summed E-state index contributed by atoms with van der Waals surface area (Å²) in [4.78, 5) is 0. The van der Waals surface area contributed by atoms with Crippen LogP contribution in [0.15, 0.2) is 0 Å². The van der Waals surface area contributed by atoms with Crippen molar-refractivity contribution in [3.8, 4) is 0 Å². The first-order valence-corrected chi connectivity index (χ1v) is 3.81. The minimum absolute atomic E-state index is 1.18. The van der Waals surface area contributed by atoms with Crippen LogP contribution in [0, 0.1) is 0 Å². The first-order valence-electron chi connectivity index (χ1n) is 1.71. The maximum Gasteiger partial charge on any atom is 0.730 e. The first kappa shape index (κ1) is 7.20. The normalized spacial score (nSPS) is 12.9. The molecular weight excluding hydrogens is 124 g/mol. The molecule has 0 saturated heterocycles. The maximum atomic E-state index is 11.3. The second kappa shape index (κ2) is 1.98. The smallest absolute Gasteiger partial charge is 0.397 e. The van der Waals surface area contributed by atoms with Crippen LogP contribution in [0.4, 0.5) is 12.9 Å². The van der Waals surface area contributed by atoms with Crippen molar-refractivity contribution in [1.29, 1.82) is 0 Å². The highest BCUT2D eigenvalue weighted by Crippen LogP contribution is 2.14. The average molecular weight is 130 g/mol. The highest BCUT2D eigenvalue weighted by atomic mass is 32.2. The Hall–Kier alpha value is 0.205. The van der Waals surface area contributed by atoms with Crippen LogP contribution in [-0.2, 0) is 10.7 Å². The van der Waals surface area contributed by atoms with E-state index in [0.717, 1.165) is 0 Å². The Morgan fingerprint density at radius 3 is 1.29 bits per heavy atom. The minimum Gasteiger partial charge on any atom is -0.397 e. The lowest BCUT2D eigenvalue weighted by molar-refractivity contribution is 0.518. The van der Waals surface area contributed by atoms with Crippen LogP contribution in [0.3, 0.4) is 0 Å². The molecule has 5 heteroatoms. The summed E-state index contributed by atoms with van der Waals surface area (Å²) in [6.07, 6.45) is -2.17. The molecule has 0 atom stereocenters. The highest BCUT2D eigenvalue weighted by Gasteiger charge is 2.40. The van der Waals surface area contributed by atoms with E-state index in [-0.39, 0.29) is 0 Å². The monoisotopic (exact) mass is 130 g/mol. The molecule has 0 amide bonds.